The molecule has 5 nitrogen and oxygen atoms in total. The van der Waals surface area contributed by atoms with Crippen molar-refractivity contribution >= 4 is 15.7 Å². The van der Waals surface area contributed by atoms with Crippen molar-refractivity contribution in [1.82, 2.24) is 0 Å². The largest absolute Gasteiger partial charge is 0.497 e. The molecule has 118 valence electrons. The Bertz CT molecular complexity index is 793. The van der Waals surface area contributed by atoms with Crippen LogP contribution < -0.4 is 14.2 Å². The minimum Gasteiger partial charge on any atom is -0.497 e. The first-order chi connectivity index (χ1) is 10.4. The molecule has 2 aromatic carbocycles. The predicted octanol–water partition coefficient (Wildman–Crippen LogP) is 2.78. The third-order valence-corrected chi connectivity index (χ3v) is 4.25. The van der Waals surface area contributed by atoms with Crippen molar-refractivity contribution in [3.63, 3.8) is 0 Å². The summed E-state index contributed by atoms with van der Waals surface area (Å²) < 4.78 is 62.8. The SMILES string of the molecule is COc1ccc(S(=O)(=O)Nc2ccc(F)c(F)c2)c(OC)c1. The lowest BCUT2D eigenvalue weighted by Crippen LogP contribution is -2.14. The number of hydrogen-bond donors (Lipinski definition) is 1. The van der Waals surface area contributed by atoms with Crippen LogP contribution >= 0.6 is 0 Å². The maximum absolute atomic E-state index is 13.1. The number of benzene rings is 2. The third-order valence-electron chi connectivity index (χ3n) is 2.83. The van der Waals surface area contributed by atoms with Crippen LogP contribution in [0.3, 0.4) is 0 Å². The molecule has 0 bridgehead atoms. The van der Waals surface area contributed by atoms with Gasteiger partial charge in [0.05, 0.1) is 19.9 Å². The number of halogens is 2. The van der Waals surface area contributed by atoms with Gasteiger partial charge < -0.3 is 9.47 Å². The second-order valence-electron chi connectivity index (χ2n) is 4.25. The molecule has 0 amide bonds. The summed E-state index contributed by atoms with van der Waals surface area (Å²) >= 11 is 0. The third kappa shape index (κ3) is 3.28. The molecule has 0 aliphatic carbocycles. The molecule has 8 heteroatoms. The highest BCUT2D eigenvalue weighted by atomic mass is 32.2. The van der Waals surface area contributed by atoms with Gasteiger partial charge in [0.1, 0.15) is 16.4 Å². The molecule has 0 fully saturated rings. The van der Waals surface area contributed by atoms with Crippen LogP contribution in [-0.4, -0.2) is 22.6 Å². The summed E-state index contributed by atoms with van der Waals surface area (Å²) in [6.07, 6.45) is 0. The summed E-state index contributed by atoms with van der Waals surface area (Å²) in [5, 5.41) is 0. The molecule has 0 saturated heterocycles. The van der Waals surface area contributed by atoms with E-state index in [4.69, 9.17) is 9.47 Å². The van der Waals surface area contributed by atoms with Crippen molar-refractivity contribution in [2.24, 2.45) is 0 Å². The highest BCUT2D eigenvalue weighted by molar-refractivity contribution is 7.92. The Morgan fingerprint density at radius 2 is 1.68 bits per heavy atom. The van der Waals surface area contributed by atoms with Crippen molar-refractivity contribution in [3.05, 3.63) is 48.0 Å². The van der Waals surface area contributed by atoms with E-state index in [1.807, 2.05) is 0 Å². The lowest BCUT2D eigenvalue weighted by Gasteiger charge is -2.12. The van der Waals surface area contributed by atoms with Crippen LogP contribution in [0.5, 0.6) is 11.5 Å². The fourth-order valence-corrected chi connectivity index (χ4v) is 2.97. The molecule has 0 radical (unpaired) electrons. The second kappa shape index (κ2) is 6.18. The summed E-state index contributed by atoms with van der Waals surface area (Å²) in [7, 11) is -1.29. The topological polar surface area (TPSA) is 64.6 Å². The summed E-state index contributed by atoms with van der Waals surface area (Å²) in [6.45, 7) is 0. The average molecular weight is 329 g/mol. The zero-order valence-electron chi connectivity index (χ0n) is 11.8. The van der Waals surface area contributed by atoms with Gasteiger partial charge in [-0.2, -0.15) is 0 Å². The summed E-state index contributed by atoms with van der Waals surface area (Å²) in [4.78, 5) is -0.152. The molecular weight excluding hydrogens is 316 g/mol. The maximum atomic E-state index is 13.1. The molecule has 22 heavy (non-hydrogen) atoms. The monoisotopic (exact) mass is 329 g/mol. The molecule has 0 aliphatic rings. The van der Waals surface area contributed by atoms with Crippen molar-refractivity contribution in [3.8, 4) is 11.5 Å². The van der Waals surface area contributed by atoms with Gasteiger partial charge in [-0.25, -0.2) is 17.2 Å². The van der Waals surface area contributed by atoms with Crippen LogP contribution in [0.15, 0.2) is 41.3 Å². The molecule has 2 rings (SSSR count). The molecule has 0 aliphatic heterocycles. The van der Waals surface area contributed by atoms with Crippen LogP contribution in [0, 0.1) is 11.6 Å². The van der Waals surface area contributed by atoms with Crippen LogP contribution in [0.4, 0.5) is 14.5 Å². The number of rotatable bonds is 5. The smallest absolute Gasteiger partial charge is 0.265 e. The first-order valence-corrected chi connectivity index (χ1v) is 7.55. The molecule has 2 aromatic rings. The Kier molecular flexibility index (Phi) is 4.51. The number of anilines is 1. The van der Waals surface area contributed by atoms with Crippen LogP contribution in [0.1, 0.15) is 0 Å². The van der Waals surface area contributed by atoms with E-state index in [-0.39, 0.29) is 16.3 Å². The Hall–Kier alpha value is -2.35. The van der Waals surface area contributed by atoms with Gasteiger partial charge in [-0.3, -0.25) is 4.72 Å². The number of nitrogens with one attached hydrogen (secondary N) is 1. The van der Waals surface area contributed by atoms with E-state index in [2.05, 4.69) is 4.72 Å². The number of methoxy groups -OCH3 is 2. The van der Waals surface area contributed by atoms with Gasteiger partial charge in [-0.05, 0) is 24.3 Å². The standard InChI is InChI=1S/C14H13F2NO4S/c1-20-10-4-6-14(13(8-10)21-2)22(18,19)17-9-3-5-11(15)12(16)7-9/h3-8,17H,1-2H3. The zero-order valence-corrected chi connectivity index (χ0v) is 12.6. The molecule has 0 aromatic heterocycles. The highest BCUT2D eigenvalue weighted by Crippen LogP contribution is 2.29. The fourth-order valence-electron chi connectivity index (χ4n) is 1.77. The zero-order chi connectivity index (χ0) is 16.3. The van der Waals surface area contributed by atoms with Gasteiger partial charge >= 0.3 is 0 Å². The average Bonchev–Trinajstić information content (AvgIpc) is 2.50. The first kappa shape index (κ1) is 16.0. The molecule has 0 unspecified atom stereocenters. The summed E-state index contributed by atoms with van der Waals surface area (Å²) in [5.74, 6) is -1.73. The number of hydrogen-bond acceptors (Lipinski definition) is 4. The van der Waals surface area contributed by atoms with E-state index in [0.29, 0.717) is 5.75 Å². The van der Waals surface area contributed by atoms with Gasteiger partial charge in [0, 0.05) is 12.1 Å². The minimum absolute atomic E-state index is 0.0643. The van der Waals surface area contributed by atoms with Gasteiger partial charge in [0.2, 0.25) is 0 Å². The van der Waals surface area contributed by atoms with Crippen molar-refractivity contribution in [2.75, 3.05) is 18.9 Å². The van der Waals surface area contributed by atoms with Gasteiger partial charge in [0.25, 0.3) is 10.0 Å². The molecule has 0 saturated carbocycles. The van der Waals surface area contributed by atoms with Gasteiger partial charge in [-0.1, -0.05) is 0 Å². The molecule has 1 N–H and O–H groups in total. The van der Waals surface area contributed by atoms with E-state index in [0.717, 1.165) is 18.2 Å². The van der Waals surface area contributed by atoms with Crippen molar-refractivity contribution < 1.29 is 26.7 Å². The highest BCUT2D eigenvalue weighted by Gasteiger charge is 2.20. The summed E-state index contributed by atoms with van der Waals surface area (Å²) in [6, 6.07) is 6.84. The molecule has 0 spiro atoms. The Morgan fingerprint density at radius 3 is 2.27 bits per heavy atom. The molecule has 0 atom stereocenters. The van der Waals surface area contributed by atoms with E-state index in [1.54, 1.807) is 0 Å². The second-order valence-corrected chi connectivity index (χ2v) is 5.90. The van der Waals surface area contributed by atoms with E-state index in [1.165, 1.54) is 32.4 Å². The fraction of sp³-hybridized carbons (Fsp3) is 0.143. The Labute approximate surface area is 126 Å². The minimum atomic E-state index is -4.03. The molecule has 0 heterocycles. The van der Waals surface area contributed by atoms with Crippen molar-refractivity contribution in [1.29, 1.82) is 0 Å². The number of ether oxygens (including phenoxy) is 2. The van der Waals surface area contributed by atoms with Crippen LogP contribution in [-0.2, 0) is 10.0 Å². The van der Waals surface area contributed by atoms with Crippen LogP contribution in [0.25, 0.3) is 0 Å². The Morgan fingerprint density at radius 1 is 0.955 bits per heavy atom. The van der Waals surface area contributed by atoms with E-state index >= 15 is 0 Å². The van der Waals surface area contributed by atoms with Crippen LogP contribution in [0.2, 0.25) is 0 Å². The van der Waals surface area contributed by atoms with Crippen molar-refractivity contribution in [2.45, 2.75) is 4.90 Å². The lowest BCUT2D eigenvalue weighted by atomic mass is 10.3. The molecular formula is C14H13F2NO4S. The Balaban J connectivity index is 2.39. The van der Waals surface area contributed by atoms with Gasteiger partial charge in [-0.15, -0.1) is 0 Å². The number of sulfonamides is 1. The lowest BCUT2D eigenvalue weighted by molar-refractivity contribution is 0.386. The normalized spacial score (nSPS) is 11.1. The van der Waals surface area contributed by atoms with E-state index < -0.39 is 21.7 Å². The predicted molar refractivity (Wildman–Crippen MR) is 76.7 cm³/mol. The quantitative estimate of drug-likeness (QED) is 0.916. The van der Waals surface area contributed by atoms with Gasteiger partial charge in [0.15, 0.2) is 11.6 Å². The first-order valence-electron chi connectivity index (χ1n) is 6.07. The summed E-state index contributed by atoms with van der Waals surface area (Å²) in [5.41, 5.74) is -0.100. The van der Waals surface area contributed by atoms with E-state index in [9.17, 15) is 17.2 Å². The maximum Gasteiger partial charge on any atom is 0.265 e.